The Morgan fingerprint density at radius 2 is 2.39 bits per heavy atom. The average Bonchev–Trinajstić information content (AvgIpc) is 2.77. The van der Waals surface area contributed by atoms with Crippen LogP contribution in [0.4, 0.5) is 5.82 Å². The fourth-order valence-electron chi connectivity index (χ4n) is 1.93. The Morgan fingerprint density at radius 1 is 1.61 bits per heavy atom. The van der Waals surface area contributed by atoms with Gasteiger partial charge in [-0.05, 0) is 19.1 Å². The molecule has 0 spiro atoms. The number of nitriles is 1. The van der Waals surface area contributed by atoms with Gasteiger partial charge >= 0.3 is 0 Å². The lowest BCUT2D eigenvalue weighted by Crippen LogP contribution is -2.24. The zero-order valence-corrected chi connectivity index (χ0v) is 10.4. The predicted octanol–water partition coefficient (Wildman–Crippen LogP) is 1.74. The lowest BCUT2D eigenvalue weighted by molar-refractivity contribution is 0.111. The van der Waals surface area contributed by atoms with Gasteiger partial charge in [-0.3, -0.25) is 9.20 Å². The average molecular weight is 242 g/mol. The third-order valence-electron chi connectivity index (χ3n) is 2.79. The van der Waals surface area contributed by atoms with E-state index in [1.165, 1.54) is 0 Å². The van der Waals surface area contributed by atoms with E-state index in [2.05, 4.69) is 11.1 Å². The van der Waals surface area contributed by atoms with Crippen molar-refractivity contribution in [3.8, 4) is 6.07 Å². The maximum atomic E-state index is 11.2. The lowest BCUT2D eigenvalue weighted by Gasteiger charge is -2.17. The highest BCUT2D eigenvalue weighted by atomic mass is 16.1. The van der Waals surface area contributed by atoms with Gasteiger partial charge < -0.3 is 4.90 Å². The Balaban J connectivity index is 2.44. The summed E-state index contributed by atoms with van der Waals surface area (Å²) in [6.45, 7) is 2.38. The highest BCUT2D eigenvalue weighted by Gasteiger charge is 2.16. The minimum absolute atomic E-state index is 0.112. The van der Waals surface area contributed by atoms with Gasteiger partial charge in [-0.2, -0.15) is 5.26 Å². The molecular weight excluding hydrogens is 228 g/mol. The topological polar surface area (TPSA) is 61.4 Å². The van der Waals surface area contributed by atoms with Crippen LogP contribution in [0.5, 0.6) is 0 Å². The van der Waals surface area contributed by atoms with Crippen molar-refractivity contribution in [2.75, 3.05) is 18.5 Å². The van der Waals surface area contributed by atoms with E-state index in [4.69, 9.17) is 5.26 Å². The van der Waals surface area contributed by atoms with Crippen LogP contribution in [0.2, 0.25) is 0 Å². The van der Waals surface area contributed by atoms with Crippen molar-refractivity contribution in [2.24, 2.45) is 5.92 Å². The first kappa shape index (κ1) is 12.1. The molecule has 1 atom stereocenters. The summed E-state index contributed by atoms with van der Waals surface area (Å²) >= 11 is 0. The minimum Gasteiger partial charge on any atom is -0.356 e. The molecule has 1 unspecified atom stereocenters. The standard InChI is InChI=1S/C13H14N4O/c1-10(7-14)8-16(2)13-11(9-18)17-6-4-3-5-12(17)15-13/h3-6,9-10H,8H2,1-2H3. The zero-order chi connectivity index (χ0) is 13.1. The molecule has 5 heteroatoms. The number of rotatable bonds is 4. The van der Waals surface area contributed by atoms with E-state index in [-0.39, 0.29) is 5.92 Å². The first-order valence-electron chi connectivity index (χ1n) is 5.70. The third-order valence-corrected chi connectivity index (χ3v) is 2.79. The van der Waals surface area contributed by atoms with Crippen LogP contribution in [0.25, 0.3) is 5.65 Å². The van der Waals surface area contributed by atoms with Gasteiger partial charge in [0.2, 0.25) is 0 Å². The van der Waals surface area contributed by atoms with E-state index in [0.717, 1.165) is 11.9 Å². The number of carbonyl (C=O) groups excluding carboxylic acids is 1. The molecule has 92 valence electrons. The molecular formula is C13H14N4O. The quantitative estimate of drug-likeness (QED) is 0.766. The molecule has 0 saturated carbocycles. The van der Waals surface area contributed by atoms with Crippen molar-refractivity contribution >= 4 is 17.8 Å². The van der Waals surface area contributed by atoms with Crippen LogP contribution < -0.4 is 4.90 Å². The Kier molecular flexibility index (Phi) is 3.28. The molecule has 0 radical (unpaired) electrons. The number of aromatic nitrogens is 2. The van der Waals surface area contributed by atoms with E-state index < -0.39 is 0 Å². The zero-order valence-electron chi connectivity index (χ0n) is 10.4. The number of hydrogen-bond donors (Lipinski definition) is 0. The van der Waals surface area contributed by atoms with Crippen LogP contribution >= 0.6 is 0 Å². The summed E-state index contributed by atoms with van der Waals surface area (Å²) in [5.41, 5.74) is 1.24. The molecule has 0 aliphatic rings. The number of carbonyl (C=O) groups is 1. The fourth-order valence-corrected chi connectivity index (χ4v) is 1.93. The number of pyridine rings is 1. The summed E-state index contributed by atoms with van der Waals surface area (Å²) in [5, 5.41) is 8.83. The van der Waals surface area contributed by atoms with Crippen LogP contribution in [-0.2, 0) is 0 Å². The number of imidazole rings is 1. The van der Waals surface area contributed by atoms with Gasteiger partial charge in [0.1, 0.15) is 11.3 Å². The summed E-state index contributed by atoms with van der Waals surface area (Å²) in [5.74, 6) is 0.498. The minimum atomic E-state index is -0.112. The number of aldehydes is 1. The molecule has 0 saturated heterocycles. The SMILES string of the molecule is CC(C#N)CN(C)c1nc2ccccn2c1C=O. The summed E-state index contributed by atoms with van der Waals surface area (Å²) in [4.78, 5) is 17.5. The first-order valence-corrected chi connectivity index (χ1v) is 5.70. The van der Waals surface area contributed by atoms with Gasteiger partial charge in [0.25, 0.3) is 0 Å². The van der Waals surface area contributed by atoms with Gasteiger partial charge in [0.05, 0.1) is 12.0 Å². The monoisotopic (exact) mass is 242 g/mol. The van der Waals surface area contributed by atoms with Crippen molar-refractivity contribution in [2.45, 2.75) is 6.92 Å². The number of nitrogens with zero attached hydrogens (tertiary/aromatic N) is 4. The molecule has 2 aromatic rings. The van der Waals surface area contributed by atoms with Crippen LogP contribution in [0, 0.1) is 17.2 Å². The Morgan fingerprint density at radius 3 is 3.06 bits per heavy atom. The second kappa shape index (κ2) is 4.88. The summed E-state index contributed by atoms with van der Waals surface area (Å²) in [6, 6.07) is 7.74. The largest absolute Gasteiger partial charge is 0.356 e. The first-order chi connectivity index (χ1) is 8.67. The summed E-state index contributed by atoms with van der Waals surface area (Å²) < 4.78 is 1.75. The van der Waals surface area contributed by atoms with Crippen molar-refractivity contribution in [1.82, 2.24) is 9.38 Å². The molecule has 0 aliphatic heterocycles. The molecule has 0 aromatic carbocycles. The molecule has 2 aromatic heterocycles. The van der Waals surface area contributed by atoms with Crippen LogP contribution in [0.15, 0.2) is 24.4 Å². The van der Waals surface area contributed by atoms with Gasteiger partial charge in [-0.15, -0.1) is 0 Å². The summed E-state index contributed by atoms with van der Waals surface area (Å²) in [6.07, 6.45) is 2.60. The molecule has 2 rings (SSSR count). The molecule has 0 fully saturated rings. The Bertz CT molecular complexity index is 611. The number of hydrogen-bond acceptors (Lipinski definition) is 4. The van der Waals surface area contributed by atoms with Crippen molar-refractivity contribution in [3.63, 3.8) is 0 Å². The van der Waals surface area contributed by atoms with Gasteiger partial charge in [0.15, 0.2) is 12.1 Å². The molecule has 0 N–H and O–H groups in total. The van der Waals surface area contributed by atoms with E-state index in [0.29, 0.717) is 18.1 Å². The second-order valence-electron chi connectivity index (χ2n) is 4.28. The van der Waals surface area contributed by atoms with E-state index in [1.54, 1.807) is 10.6 Å². The van der Waals surface area contributed by atoms with Crippen molar-refractivity contribution in [1.29, 1.82) is 5.26 Å². The number of anilines is 1. The molecule has 0 aliphatic carbocycles. The predicted molar refractivity (Wildman–Crippen MR) is 68.6 cm³/mol. The Hall–Kier alpha value is -2.35. The number of fused-ring (bicyclic) bond motifs is 1. The Labute approximate surface area is 105 Å². The molecule has 18 heavy (non-hydrogen) atoms. The highest BCUT2D eigenvalue weighted by Crippen LogP contribution is 2.19. The van der Waals surface area contributed by atoms with E-state index in [9.17, 15) is 4.79 Å². The smallest absolute Gasteiger partial charge is 0.170 e. The summed E-state index contributed by atoms with van der Waals surface area (Å²) in [7, 11) is 1.84. The van der Waals surface area contributed by atoms with E-state index in [1.807, 2.05) is 37.1 Å². The van der Waals surface area contributed by atoms with Gasteiger partial charge in [-0.1, -0.05) is 6.07 Å². The van der Waals surface area contributed by atoms with Crippen molar-refractivity contribution in [3.05, 3.63) is 30.1 Å². The molecule has 5 nitrogen and oxygen atoms in total. The second-order valence-corrected chi connectivity index (χ2v) is 4.28. The maximum absolute atomic E-state index is 11.2. The van der Waals surface area contributed by atoms with Crippen LogP contribution in [0.3, 0.4) is 0 Å². The highest BCUT2D eigenvalue weighted by molar-refractivity contribution is 5.83. The van der Waals surface area contributed by atoms with Gasteiger partial charge in [-0.25, -0.2) is 4.98 Å². The van der Waals surface area contributed by atoms with Crippen LogP contribution in [-0.4, -0.2) is 29.3 Å². The van der Waals surface area contributed by atoms with Crippen LogP contribution in [0.1, 0.15) is 17.4 Å². The molecule has 0 bridgehead atoms. The molecule has 0 amide bonds. The lowest BCUT2D eigenvalue weighted by atomic mass is 10.2. The van der Waals surface area contributed by atoms with E-state index >= 15 is 0 Å². The fraction of sp³-hybridized carbons (Fsp3) is 0.308. The van der Waals surface area contributed by atoms with Crippen molar-refractivity contribution < 1.29 is 4.79 Å². The third kappa shape index (κ3) is 2.05. The van der Waals surface area contributed by atoms with Gasteiger partial charge in [0, 0.05) is 19.8 Å². The maximum Gasteiger partial charge on any atom is 0.170 e. The normalized spacial score (nSPS) is 12.1. The molecule has 2 heterocycles.